The molecule has 2 heterocycles. The molecule has 12 heteroatoms. The first-order valence-electron chi connectivity index (χ1n) is 15.9. The lowest BCUT2D eigenvalue weighted by Crippen LogP contribution is -2.49. The van der Waals surface area contributed by atoms with Gasteiger partial charge >= 0.3 is 0 Å². The first kappa shape index (κ1) is 31.8. The second kappa shape index (κ2) is 11.7. The number of rotatable bonds is 7. The molecule has 12 nitrogen and oxygen atoms in total. The van der Waals surface area contributed by atoms with Crippen LogP contribution in [0.2, 0.25) is 0 Å². The summed E-state index contributed by atoms with van der Waals surface area (Å²) in [6.07, 6.45) is 5.93. The van der Waals surface area contributed by atoms with Crippen molar-refractivity contribution in [3.05, 3.63) is 100 Å². The summed E-state index contributed by atoms with van der Waals surface area (Å²) in [6.45, 7) is 1.79. The van der Waals surface area contributed by atoms with Gasteiger partial charge in [-0.15, -0.1) is 0 Å². The zero-order valence-corrected chi connectivity index (χ0v) is 26.9. The number of para-hydroxylation sites is 1. The first-order chi connectivity index (χ1) is 23.5. The number of carbonyl (C=O) groups excluding carboxylic acids is 4. The number of phenols is 1. The lowest BCUT2D eigenvalue weighted by Gasteiger charge is -2.47. The van der Waals surface area contributed by atoms with Crippen LogP contribution in [0.1, 0.15) is 25.3 Å². The van der Waals surface area contributed by atoms with E-state index in [0.29, 0.717) is 11.3 Å². The van der Waals surface area contributed by atoms with E-state index in [1.807, 2.05) is 12.2 Å². The normalized spacial score (nSPS) is 27.6. The number of allylic oxidation sites excluding steroid dienone is 3. The molecule has 6 unspecified atom stereocenters. The standard InChI is InChI=1S/C37H33N3O9/c1-37-27(15-12-20-16-29(48-2)32(41)30(17-20)49-3)24-13-14-25-31(35(44)38(33(25)42)22-10-7-11-23(18-22)40(46)47)26(24)19-28(37)34(43)39(36(37)45)21-8-5-4-6-9-21/h4-13,15-18,25-28,31,41H,14,19H2,1-3H3. The first-order valence-corrected chi connectivity index (χ1v) is 15.9. The van der Waals surface area contributed by atoms with Crippen molar-refractivity contribution >= 4 is 46.8 Å². The summed E-state index contributed by atoms with van der Waals surface area (Å²) in [5.74, 6) is -5.04. The van der Waals surface area contributed by atoms with Crippen molar-refractivity contribution in [1.82, 2.24) is 0 Å². The van der Waals surface area contributed by atoms with Gasteiger partial charge in [-0.3, -0.25) is 29.3 Å². The van der Waals surface area contributed by atoms with Crippen LogP contribution in [-0.4, -0.2) is 47.9 Å². The van der Waals surface area contributed by atoms with Gasteiger partial charge in [0.25, 0.3) is 5.69 Å². The van der Waals surface area contributed by atoms with Crippen molar-refractivity contribution in [3.8, 4) is 17.2 Å². The molecule has 3 aromatic rings. The highest BCUT2D eigenvalue weighted by Gasteiger charge is 2.67. The zero-order valence-electron chi connectivity index (χ0n) is 26.9. The minimum Gasteiger partial charge on any atom is -0.502 e. The van der Waals surface area contributed by atoms with E-state index in [1.54, 1.807) is 55.5 Å². The Bertz CT molecular complexity index is 1960. The van der Waals surface area contributed by atoms with Crippen LogP contribution in [0.25, 0.3) is 6.08 Å². The fraction of sp³-hybridized carbons (Fsp3) is 0.297. The van der Waals surface area contributed by atoms with Crippen molar-refractivity contribution in [2.24, 2.45) is 35.0 Å². The minimum atomic E-state index is -1.23. The van der Waals surface area contributed by atoms with E-state index in [4.69, 9.17) is 9.47 Å². The van der Waals surface area contributed by atoms with E-state index in [0.717, 1.165) is 10.5 Å². The molecule has 1 saturated carbocycles. The number of imide groups is 2. The van der Waals surface area contributed by atoms with Gasteiger partial charge in [-0.05, 0) is 61.6 Å². The fourth-order valence-corrected chi connectivity index (χ4v) is 8.26. The van der Waals surface area contributed by atoms with Gasteiger partial charge in [-0.1, -0.05) is 48.1 Å². The third kappa shape index (κ3) is 4.73. The number of ether oxygens (including phenoxy) is 2. The smallest absolute Gasteiger partial charge is 0.271 e. The highest BCUT2D eigenvalue weighted by atomic mass is 16.6. The molecule has 250 valence electrons. The summed E-state index contributed by atoms with van der Waals surface area (Å²) >= 11 is 0. The summed E-state index contributed by atoms with van der Waals surface area (Å²) in [4.78, 5) is 69.9. The summed E-state index contributed by atoms with van der Waals surface area (Å²) in [5.41, 5.74) is 0.479. The average Bonchev–Trinajstić information content (AvgIpc) is 3.48. The van der Waals surface area contributed by atoms with Crippen molar-refractivity contribution in [2.45, 2.75) is 19.8 Å². The molecule has 4 amide bonds. The van der Waals surface area contributed by atoms with E-state index in [9.17, 15) is 34.4 Å². The number of aromatic hydroxyl groups is 1. The largest absolute Gasteiger partial charge is 0.502 e. The summed E-state index contributed by atoms with van der Waals surface area (Å²) < 4.78 is 10.7. The molecule has 7 rings (SSSR count). The monoisotopic (exact) mass is 663 g/mol. The van der Waals surface area contributed by atoms with Gasteiger partial charge in [0.05, 0.1) is 53.7 Å². The van der Waals surface area contributed by atoms with Crippen LogP contribution in [0.3, 0.4) is 0 Å². The van der Waals surface area contributed by atoms with E-state index in [-0.39, 0.29) is 53.3 Å². The molecule has 0 spiro atoms. The quantitative estimate of drug-likeness (QED) is 0.153. The molecule has 0 aromatic heterocycles. The van der Waals surface area contributed by atoms with Crippen LogP contribution in [0.4, 0.5) is 17.1 Å². The molecule has 3 aromatic carbocycles. The summed E-state index contributed by atoms with van der Waals surface area (Å²) in [5, 5.41) is 22.0. The Morgan fingerprint density at radius 3 is 2.20 bits per heavy atom. The Hall–Kier alpha value is -5.78. The molecule has 1 N–H and O–H groups in total. The maximum atomic E-state index is 14.5. The van der Waals surface area contributed by atoms with Gasteiger partial charge in [-0.25, -0.2) is 9.80 Å². The predicted octanol–water partition coefficient (Wildman–Crippen LogP) is 5.30. The van der Waals surface area contributed by atoms with E-state index >= 15 is 0 Å². The number of non-ortho nitro benzene ring substituents is 1. The van der Waals surface area contributed by atoms with Gasteiger partial charge < -0.3 is 14.6 Å². The van der Waals surface area contributed by atoms with E-state index in [1.165, 1.54) is 43.4 Å². The molecule has 4 aliphatic rings. The van der Waals surface area contributed by atoms with Crippen LogP contribution in [0.5, 0.6) is 17.2 Å². The van der Waals surface area contributed by atoms with E-state index < -0.39 is 51.7 Å². The van der Waals surface area contributed by atoms with Crippen LogP contribution < -0.4 is 19.3 Å². The maximum absolute atomic E-state index is 14.5. The van der Waals surface area contributed by atoms with Gasteiger partial charge in [0.15, 0.2) is 11.5 Å². The van der Waals surface area contributed by atoms with Crippen molar-refractivity contribution < 1.29 is 38.7 Å². The molecule has 3 fully saturated rings. The molecule has 2 saturated heterocycles. The van der Waals surface area contributed by atoms with Gasteiger partial charge in [-0.2, -0.15) is 0 Å². The van der Waals surface area contributed by atoms with Gasteiger partial charge in [0, 0.05) is 18.1 Å². The number of nitro groups is 1. The SMILES string of the molecule is COc1cc(C=CC2C3=CCC4C(=O)N(c5cccc([N+](=O)[O-])c5)C(=O)C4C3CC3C(=O)N(c4ccccc4)C(=O)C23C)cc(OC)c1O. The third-order valence-corrected chi connectivity index (χ3v) is 10.6. The molecule has 6 atom stereocenters. The summed E-state index contributed by atoms with van der Waals surface area (Å²) in [6, 6.07) is 17.4. The van der Waals surface area contributed by atoms with E-state index in [2.05, 4.69) is 0 Å². The number of methoxy groups -OCH3 is 2. The lowest BCUT2D eigenvalue weighted by molar-refractivity contribution is -0.384. The van der Waals surface area contributed by atoms with Crippen molar-refractivity contribution in [1.29, 1.82) is 0 Å². The number of amides is 4. The van der Waals surface area contributed by atoms with Crippen molar-refractivity contribution in [3.63, 3.8) is 0 Å². The topological polar surface area (TPSA) is 157 Å². The molecular formula is C37H33N3O9. The Balaban J connectivity index is 1.33. The van der Waals surface area contributed by atoms with Gasteiger partial charge in [0.2, 0.25) is 29.4 Å². The number of hydrogen-bond donors (Lipinski definition) is 1. The number of anilines is 2. The number of nitrogens with zero attached hydrogens (tertiary/aromatic N) is 3. The van der Waals surface area contributed by atoms with Crippen LogP contribution in [-0.2, 0) is 19.2 Å². The Kier molecular flexibility index (Phi) is 7.61. The predicted molar refractivity (Wildman–Crippen MR) is 178 cm³/mol. The molecule has 49 heavy (non-hydrogen) atoms. The molecule has 2 aliphatic heterocycles. The zero-order chi connectivity index (χ0) is 34.8. The lowest BCUT2D eigenvalue weighted by atomic mass is 9.52. The number of nitro benzene ring substituents is 1. The highest BCUT2D eigenvalue weighted by molar-refractivity contribution is 6.25. The number of phenolic OH excluding ortho intramolecular Hbond substituents is 1. The Labute approximate surface area is 281 Å². The average molecular weight is 664 g/mol. The fourth-order valence-electron chi connectivity index (χ4n) is 8.26. The number of benzene rings is 3. The van der Waals surface area contributed by atoms with Crippen LogP contribution >= 0.6 is 0 Å². The Morgan fingerprint density at radius 1 is 0.878 bits per heavy atom. The second-order valence-electron chi connectivity index (χ2n) is 13.0. The summed E-state index contributed by atoms with van der Waals surface area (Å²) in [7, 11) is 2.83. The number of carbonyl (C=O) groups is 4. The number of hydrogen-bond acceptors (Lipinski definition) is 9. The van der Waals surface area contributed by atoms with Crippen molar-refractivity contribution in [2.75, 3.05) is 24.0 Å². The van der Waals surface area contributed by atoms with Crippen LogP contribution in [0, 0.1) is 45.1 Å². The third-order valence-electron chi connectivity index (χ3n) is 10.6. The van der Waals surface area contributed by atoms with Gasteiger partial charge in [0.1, 0.15) is 0 Å². The molecule has 0 radical (unpaired) electrons. The number of fused-ring (bicyclic) bond motifs is 4. The van der Waals surface area contributed by atoms with Crippen LogP contribution in [0.15, 0.2) is 84.5 Å². The second-order valence-corrected chi connectivity index (χ2v) is 13.0. The Morgan fingerprint density at radius 2 is 1.55 bits per heavy atom. The maximum Gasteiger partial charge on any atom is 0.271 e. The molecule has 0 bridgehead atoms. The molecule has 2 aliphatic carbocycles. The minimum absolute atomic E-state index is 0.120. The molecular weight excluding hydrogens is 630 g/mol. The highest BCUT2D eigenvalue weighted by Crippen LogP contribution is 2.61.